The van der Waals surface area contributed by atoms with Crippen LogP contribution in [0.1, 0.15) is 32.8 Å². The van der Waals surface area contributed by atoms with Crippen LogP contribution in [0.5, 0.6) is 46.0 Å². The van der Waals surface area contributed by atoms with Gasteiger partial charge in [-0.1, -0.05) is 24.3 Å². The molecule has 4 aromatic rings. The van der Waals surface area contributed by atoms with Gasteiger partial charge < -0.3 is 58.7 Å². The number of carbonyl (C=O) groups is 2. The van der Waals surface area contributed by atoms with Gasteiger partial charge in [-0.2, -0.15) is 0 Å². The number of hydrogen-bond donors (Lipinski definition) is 4. The summed E-state index contributed by atoms with van der Waals surface area (Å²) < 4.78 is 75.5. The van der Waals surface area contributed by atoms with Crippen LogP contribution in [0.3, 0.4) is 0 Å². The van der Waals surface area contributed by atoms with E-state index in [1.54, 1.807) is 24.3 Å². The smallest absolute Gasteiger partial charge is 0.250 e. The monoisotopic (exact) mass is 836 g/mol. The second-order valence-electron chi connectivity index (χ2n) is 12.4. The summed E-state index contributed by atoms with van der Waals surface area (Å²) in [6, 6.07) is 15.3. The molecule has 0 saturated carbocycles. The minimum atomic E-state index is -4.55. The molecule has 316 valence electrons. The fraction of sp³-hybridized carbons (Fsp3) is 0.286. The van der Waals surface area contributed by atoms with Crippen LogP contribution in [0.4, 0.5) is 11.4 Å². The van der Waals surface area contributed by atoms with Crippen LogP contribution in [0.15, 0.2) is 72.8 Å². The first-order valence-corrected chi connectivity index (χ1v) is 19.3. The van der Waals surface area contributed by atoms with Crippen LogP contribution in [-0.4, -0.2) is 101 Å². The van der Waals surface area contributed by atoms with Gasteiger partial charge in [0.25, 0.3) is 0 Å². The molecule has 16 nitrogen and oxygen atoms in total. The van der Waals surface area contributed by atoms with Gasteiger partial charge in [0.2, 0.25) is 11.8 Å². The van der Waals surface area contributed by atoms with Crippen LogP contribution in [0.2, 0.25) is 0 Å². The van der Waals surface area contributed by atoms with Crippen LogP contribution in [0, 0.1) is 0 Å². The summed E-state index contributed by atoms with van der Waals surface area (Å²) >= 11 is 0. The second kappa shape index (κ2) is 20.8. The van der Waals surface area contributed by atoms with Gasteiger partial charge in [-0.15, -0.1) is 0 Å². The largest absolute Gasteiger partial charge is 0.496 e. The Morgan fingerprint density at radius 1 is 0.525 bits per heavy atom. The molecule has 0 aliphatic rings. The number of sulfone groups is 1. The van der Waals surface area contributed by atoms with Gasteiger partial charge in [0, 0.05) is 24.3 Å². The van der Waals surface area contributed by atoms with Gasteiger partial charge in [0.15, 0.2) is 9.84 Å². The predicted molar refractivity (Wildman–Crippen MR) is 222 cm³/mol. The lowest BCUT2D eigenvalue weighted by Crippen LogP contribution is -2.21. The number of rotatable bonds is 20. The summed E-state index contributed by atoms with van der Waals surface area (Å²) in [5.74, 6) is 0.983. The number of amides is 2. The van der Waals surface area contributed by atoms with E-state index < -0.39 is 45.4 Å². The molecule has 59 heavy (non-hydrogen) atoms. The van der Waals surface area contributed by atoms with E-state index in [1.807, 2.05) is 0 Å². The quantitative estimate of drug-likeness (QED) is 0.0899. The Labute approximate surface area is 342 Å². The number of aliphatic hydroxyl groups is 2. The number of anilines is 2. The lowest BCUT2D eigenvalue weighted by molar-refractivity contribution is -0.119. The Kier molecular flexibility index (Phi) is 16.0. The number of hydrogen-bond acceptors (Lipinski definition) is 14. The maximum atomic E-state index is 15.6. The molecule has 0 spiro atoms. The highest BCUT2D eigenvalue weighted by molar-refractivity contribution is 7.92. The molecule has 4 rings (SSSR count). The van der Waals surface area contributed by atoms with Crippen molar-refractivity contribution >= 4 is 45.2 Å². The SMILES string of the molecule is COc1cc(OC)c(C=CC(c2ccc(OC)c(NC(=O)CO)c2)S(=O)(=O)C(C=Cc2c(OC)cc(OC)cc2OC)c2ccc(OC)c(NC(=O)CO)c2)c(OC)c1. The van der Waals surface area contributed by atoms with Gasteiger partial charge in [0.05, 0.1) is 79.4 Å². The number of methoxy groups -OCH3 is 8. The number of aliphatic hydroxyl groups excluding tert-OH is 2. The Hall–Kier alpha value is -6.43. The first kappa shape index (κ1) is 45.3. The summed E-state index contributed by atoms with van der Waals surface area (Å²) in [6.45, 7) is -1.69. The maximum Gasteiger partial charge on any atom is 0.250 e. The van der Waals surface area contributed by atoms with E-state index in [-0.39, 0.29) is 34.0 Å². The first-order chi connectivity index (χ1) is 28.4. The van der Waals surface area contributed by atoms with Crippen molar-refractivity contribution < 1.29 is 66.1 Å². The summed E-state index contributed by atoms with van der Waals surface area (Å²) in [5, 5.41) is 21.2. The molecule has 0 aliphatic heterocycles. The van der Waals surface area contributed by atoms with Crippen LogP contribution in [0.25, 0.3) is 12.2 Å². The molecular formula is C42H48N2O14S. The van der Waals surface area contributed by atoms with Crippen LogP contribution in [-0.2, 0) is 19.4 Å². The third-order valence-electron chi connectivity index (χ3n) is 9.03. The minimum Gasteiger partial charge on any atom is -0.496 e. The number of ether oxygens (including phenoxy) is 8. The van der Waals surface area contributed by atoms with Crippen molar-refractivity contribution in [1.29, 1.82) is 0 Å². The average molecular weight is 837 g/mol. The molecule has 0 radical (unpaired) electrons. The van der Waals surface area contributed by atoms with Crippen molar-refractivity contribution in [2.24, 2.45) is 0 Å². The van der Waals surface area contributed by atoms with E-state index in [4.69, 9.17) is 37.9 Å². The van der Waals surface area contributed by atoms with E-state index >= 15 is 8.42 Å². The van der Waals surface area contributed by atoms with Crippen molar-refractivity contribution in [2.45, 2.75) is 10.5 Å². The van der Waals surface area contributed by atoms with E-state index in [0.29, 0.717) is 45.6 Å². The van der Waals surface area contributed by atoms with Crippen molar-refractivity contribution in [2.75, 3.05) is 80.7 Å². The Morgan fingerprint density at radius 2 is 0.847 bits per heavy atom. The van der Waals surface area contributed by atoms with E-state index in [2.05, 4.69) is 10.6 Å². The lowest BCUT2D eigenvalue weighted by Gasteiger charge is -2.24. The number of carbonyl (C=O) groups excluding carboxylic acids is 2. The van der Waals surface area contributed by atoms with Gasteiger partial charge in [-0.05, 0) is 47.5 Å². The van der Waals surface area contributed by atoms with Crippen molar-refractivity contribution in [3.8, 4) is 46.0 Å². The van der Waals surface area contributed by atoms with E-state index in [0.717, 1.165) is 0 Å². The molecule has 0 aromatic heterocycles. The fourth-order valence-electron chi connectivity index (χ4n) is 6.12. The van der Waals surface area contributed by atoms with Crippen molar-refractivity contribution in [3.05, 3.63) is 95.1 Å². The molecule has 0 heterocycles. The molecule has 2 amide bonds. The van der Waals surface area contributed by atoms with Crippen molar-refractivity contribution in [1.82, 2.24) is 0 Å². The molecule has 4 aromatic carbocycles. The number of nitrogens with one attached hydrogen (secondary N) is 2. The van der Waals surface area contributed by atoms with Crippen LogP contribution >= 0.6 is 0 Å². The molecule has 0 saturated heterocycles. The Balaban J connectivity index is 2.10. The highest BCUT2D eigenvalue weighted by atomic mass is 32.2. The minimum absolute atomic E-state index is 0.0931. The summed E-state index contributed by atoms with van der Waals surface area (Å²) in [5.41, 5.74) is 1.32. The lowest BCUT2D eigenvalue weighted by atomic mass is 10.1. The third kappa shape index (κ3) is 10.6. The van der Waals surface area contributed by atoms with Crippen molar-refractivity contribution in [3.63, 3.8) is 0 Å². The van der Waals surface area contributed by atoms with Gasteiger partial charge in [-0.3, -0.25) is 9.59 Å². The summed E-state index contributed by atoms with van der Waals surface area (Å²) in [4.78, 5) is 24.8. The maximum absolute atomic E-state index is 15.6. The van der Waals surface area contributed by atoms with Crippen LogP contribution < -0.4 is 48.5 Å². The van der Waals surface area contributed by atoms with Gasteiger partial charge in [-0.25, -0.2) is 8.42 Å². The summed E-state index contributed by atoms with van der Waals surface area (Å²) in [6.07, 6.45) is 5.95. The Bertz CT molecular complexity index is 2090. The average Bonchev–Trinajstić information content (AvgIpc) is 3.25. The standard InChI is InChI=1S/C42H48N2O14S/c1-51-27-19-35(55-5)29(36(20-27)56-6)11-15-39(25-9-13-33(53-3)31(17-25)43-41(47)23-45)59(49,50)40(26-10-14-34(54-4)32(18-26)44-42(48)24-46)16-12-30-37(57-7)21-28(52-2)22-38(30)58-8/h9-22,39-40,45-46H,23-24H2,1-8H3,(H,43,47)(H,44,48). The topological polar surface area (TPSA) is 207 Å². The highest BCUT2D eigenvalue weighted by Gasteiger charge is 2.35. The van der Waals surface area contributed by atoms with Gasteiger partial charge in [0.1, 0.15) is 69.7 Å². The van der Waals surface area contributed by atoms with E-state index in [9.17, 15) is 19.8 Å². The molecule has 2 atom stereocenters. The third-order valence-corrected chi connectivity index (χ3v) is 11.3. The summed E-state index contributed by atoms with van der Waals surface area (Å²) in [7, 11) is 6.94. The molecule has 0 fully saturated rings. The zero-order valence-corrected chi connectivity index (χ0v) is 34.7. The second-order valence-corrected chi connectivity index (χ2v) is 14.6. The normalized spacial score (nSPS) is 12.4. The molecule has 4 N–H and O–H groups in total. The molecule has 2 unspecified atom stereocenters. The first-order valence-electron chi connectivity index (χ1n) is 17.7. The Morgan fingerprint density at radius 3 is 1.12 bits per heavy atom. The molecule has 17 heteroatoms. The van der Waals surface area contributed by atoms with E-state index in [1.165, 1.54) is 118 Å². The van der Waals surface area contributed by atoms with Gasteiger partial charge >= 0.3 is 0 Å². The molecule has 0 bridgehead atoms. The zero-order chi connectivity index (χ0) is 43.3. The fourth-order valence-corrected chi connectivity index (χ4v) is 8.08. The number of benzene rings is 4. The predicted octanol–water partition coefficient (Wildman–Crippen LogP) is 5.24. The molecule has 0 aliphatic carbocycles. The highest BCUT2D eigenvalue weighted by Crippen LogP contribution is 2.44. The zero-order valence-electron chi connectivity index (χ0n) is 33.9. The molecular weight excluding hydrogens is 789 g/mol.